The Labute approximate surface area is 101 Å². The molecule has 2 N–H and O–H groups in total. The van der Waals surface area contributed by atoms with Gasteiger partial charge < -0.3 is 10.4 Å². The van der Waals surface area contributed by atoms with Crippen molar-refractivity contribution in [2.45, 2.75) is 31.3 Å². The van der Waals surface area contributed by atoms with E-state index in [4.69, 9.17) is 5.11 Å². The van der Waals surface area contributed by atoms with Gasteiger partial charge in [0.25, 0.3) is 0 Å². The average molecular weight is 242 g/mol. The fourth-order valence-electron chi connectivity index (χ4n) is 1.60. The molecule has 0 aliphatic heterocycles. The molecule has 0 bridgehead atoms. The smallest absolute Gasteiger partial charge is 0.321 e. The maximum Gasteiger partial charge on any atom is 0.321 e. The molecule has 88 valence electrons. The lowest BCUT2D eigenvalue weighted by Crippen LogP contribution is -2.39. The van der Waals surface area contributed by atoms with Crippen molar-refractivity contribution in [3.8, 4) is 0 Å². The first-order chi connectivity index (χ1) is 7.25. The summed E-state index contributed by atoms with van der Waals surface area (Å²) in [7, 11) is 0. The van der Waals surface area contributed by atoms with Crippen molar-refractivity contribution in [2.24, 2.45) is 0 Å². The van der Waals surface area contributed by atoms with Gasteiger partial charge in [-0.15, -0.1) is 12.4 Å². The summed E-state index contributed by atoms with van der Waals surface area (Å²) in [6.07, 6.45) is 2.78. The highest BCUT2D eigenvalue weighted by molar-refractivity contribution is 5.85. The van der Waals surface area contributed by atoms with Crippen LogP contribution >= 0.6 is 12.4 Å². The molecule has 1 fully saturated rings. The predicted octanol–water partition coefficient (Wildman–Crippen LogP) is 1.86. The van der Waals surface area contributed by atoms with E-state index in [2.05, 4.69) is 5.32 Å². The topological polar surface area (TPSA) is 49.3 Å². The van der Waals surface area contributed by atoms with Gasteiger partial charge in [0.2, 0.25) is 0 Å². The van der Waals surface area contributed by atoms with E-state index in [1.165, 1.54) is 0 Å². The van der Waals surface area contributed by atoms with E-state index in [1.807, 2.05) is 30.3 Å². The largest absolute Gasteiger partial charge is 0.480 e. The Hall–Kier alpha value is -1.06. The second-order valence-electron chi connectivity index (χ2n) is 4.02. The van der Waals surface area contributed by atoms with Gasteiger partial charge in [-0.25, -0.2) is 0 Å². The monoisotopic (exact) mass is 241 g/mol. The molecule has 0 amide bonds. The van der Waals surface area contributed by atoms with Crippen LogP contribution in [0.25, 0.3) is 0 Å². The van der Waals surface area contributed by atoms with Crippen LogP contribution in [0.4, 0.5) is 0 Å². The Morgan fingerprint density at radius 1 is 1.38 bits per heavy atom. The molecule has 2 rings (SSSR count). The van der Waals surface area contributed by atoms with Crippen molar-refractivity contribution in [2.75, 3.05) is 0 Å². The van der Waals surface area contributed by atoms with E-state index >= 15 is 0 Å². The van der Waals surface area contributed by atoms with Crippen molar-refractivity contribution in [1.29, 1.82) is 0 Å². The second-order valence-corrected chi connectivity index (χ2v) is 4.02. The number of hydrogen-bond donors (Lipinski definition) is 2. The van der Waals surface area contributed by atoms with Gasteiger partial charge >= 0.3 is 5.97 Å². The van der Waals surface area contributed by atoms with E-state index in [1.54, 1.807) is 0 Å². The summed E-state index contributed by atoms with van der Waals surface area (Å²) in [5.74, 6) is -0.759. The maximum absolute atomic E-state index is 11.0. The molecule has 1 aromatic carbocycles. The molecule has 1 saturated carbocycles. The molecule has 0 radical (unpaired) electrons. The normalized spacial score (nSPS) is 16.2. The fourth-order valence-corrected chi connectivity index (χ4v) is 1.60. The van der Waals surface area contributed by atoms with Gasteiger partial charge in [-0.2, -0.15) is 0 Å². The van der Waals surface area contributed by atoms with Crippen LogP contribution in [0.1, 0.15) is 18.4 Å². The predicted molar refractivity (Wildman–Crippen MR) is 65.0 cm³/mol. The summed E-state index contributed by atoms with van der Waals surface area (Å²) < 4.78 is 0. The Morgan fingerprint density at radius 3 is 2.50 bits per heavy atom. The van der Waals surface area contributed by atoms with Crippen molar-refractivity contribution >= 4 is 18.4 Å². The Bertz CT molecular complexity index is 338. The number of carboxylic acids is 1. The number of hydrogen-bond acceptors (Lipinski definition) is 2. The first kappa shape index (κ1) is 13.0. The minimum absolute atomic E-state index is 0. The van der Waals surface area contributed by atoms with Gasteiger partial charge in [-0.05, 0) is 24.8 Å². The molecule has 1 aliphatic carbocycles. The maximum atomic E-state index is 11.0. The highest BCUT2D eigenvalue weighted by Crippen LogP contribution is 2.20. The highest BCUT2D eigenvalue weighted by atomic mass is 35.5. The number of nitrogens with one attached hydrogen (secondary N) is 1. The molecule has 0 spiro atoms. The minimum Gasteiger partial charge on any atom is -0.480 e. The summed E-state index contributed by atoms with van der Waals surface area (Å²) in [6, 6.07) is 9.72. The fraction of sp³-hybridized carbons (Fsp3) is 0.417. The molecule has 4 heteroatoms. The van der Waals surface area contributed by atoms with Crippen molar-refractivity contribution in [3.63, 3.8) is 0 Å². The van der Waals surface area contributed by atoms with Crippen LogP contribution in [0.2, 0.25) is 0 Å². The van der Waals surface area contributed by atoms with Crippen LogP contribution < -0.4 is 5.32 Å². The molecular formula is C12H16ClNO2. The van der Waals surface area contributed by atoms with Gasteiger partial charge in [0, 0.05) is 6.04 Å². The van der Waals surface area contributed by atoms with Crippen molar-refractivity contribution < 1.29 is 9.90 Å². The molecule has 0 saturated heterocycles. The second kappa shape index (κ2) is 5.87. The third kappa shape index (κ3) is 3.83. The molecule has 1 aliphatic rings. The lowest BCUT2D eigenvalue weighted by molar-refractivity contribution is -0.139. The van der Waals surface area contributed by atoms with Gasteiger partial charge in [-0.1, -0.05) is 30.3 Å². The zero-order chi connectivity index (χ0) is 10.7. The van der Waals surface area contributed by atoms with Crippen LogP contribution in [0.15, 0.2) is 30.3 Å². The quantitative estimate of drug-likeness (QED) is 0.827. The molecule has 16 heavy (non-hydrogen) atoms. The summed E-state index contributed by atoms with van der Waals surface area (Å²) >= 11 is 0. The highest BCUT2D eigenvalue weighted by Gasteiger charge is 2.28. The Balaban J connectivity index is 0.00000128. The van der Waals surface area contributed by atoms with Crippen LogP contribution in [0.5, 0.6) is 0 Å². The van der Waals surface area contributed by atoms with Crippen LogP contribution in [-0.4, -0.2) is 23.2 Å². The number of aliphatic carboxylic acids is 1. The van der Waals surface area contributed by atoms with Gasteiger partial charge in [-0.3, -0.25) is 4.79 Å². The van der Waals surface area contributed by atoms with Crippen LogP contribution in [-0.2, 0) is 11.2 Å². The third-order valence-corrected chi connectivity index (χ3v) is 2.59. The summed E-state index contributed by atoms with van der Waals surface area (Å²) in [5.41, 5.74) is 1.07. The molecule has 0 heterocycles. The summed E-state index contributed by atoms with van der Waals surface area (Å²) in [6.45, 7) is 0. The Morgan fingerprint density at radius 2 is 2.00 bits per heavy atom. The van der Waals surface area contributed by atoms with Crippen LogP contribution in [0.3, 0.4) is 0 Å². The number of rotatable bonds is 5. The average Bonchev–Trinajstić information content (AvgIpc) is 3.02. The van der Waals surface area contributed by atoms with Crippen LogP contribution in [0, 0.1) is 0 Å². The van der Waals surface area contributed by atoms with Crippen molar-refractivity contribution in [1.82, 2.24) is 5.32 Å². The molecule has 0 aromatic heterocycles. The van der Waals surface area contributed by atoms with Gasteiger partial charge in [0.15, 0.2) is 0 Å². The van der Waals surface area contributed by atoms with E-state index in [0.29, 0.717) is 12.5 Å². The number of halogens is 1. The Kier molecular flexibility index (Phi) is 4.77. The summed E-state index contributed by atoms with van der Waals surface area (Å²) in [5, 5.41) is 12.2. The lowest BCUT2D eigenvalue weighted by atomic mass is 10.1. The molecular weight excluding hydrogens is 226 g/mol. The molecule has 1 aromatic rings. The van der Waals surface area contributed by atoms with Crippen molar-refractivity contribution in [3.05, 3.63) is 35.9 Å². The molecule has 1 unspecified atom stereocenters. The number of carbonyl (C=O) groups is 1. The summed E-state index contributed by atoms with van der Waals surface area (Å²) in [4.78, 5) is 11.0. The first-order valence-electron chi connectivity index (χ1n) is 5.28. The first-order valence-corrected chi connectivity index (χ1v) is 5.28. The molecule has 1 atom stereocenters. The standard InChI is InChI=1S/C12H15NO2.ClH/c14-12(15)11(13-10-6-7-10)8-9-4-2-1-3-5-9;/h1-5,10-11,13H,6-8H2,(H,14,15);1H. The zero-order valence-corrected chi connectivity index (χ0v) is 9.74. The van der Waals surface area contributed by atoms with E-state index in [9.17, 15) is 4.79 Å². The lowest BCUT2D eigenvalue weighted by Gasteiger charge is -2.13. The van der Waals surface area contributed by atoms with Gasteiger partial charge in [0.1, 0.15) is 6.04 Å². The number of benzene rings is 1. The van der Waals surface area contributed by atoms with E-state index in [0.717, 1.165) is 18.4 Å². The van der Waals surface area contributed by atoms with E-state index < -0.39 is 12.0 Å². The SMILES string of the molecule is Cl.O=C(O)C(Cc1ccccc1)NC1CC1. The third-order valence-electron chi connectivity index (χ3n) is 2.59. The minimum atomic E-state index is -0.759. The number of carboxylic acid groups (broad SMARTS) is 1. The molecule has 3 nitrogen and oxygen atoms in total. The van der Waals surface area contributed by atoms with E-state index in [-0.39, 0.29) is 12.4 Å². The zero-order valence-electron chi connectivity index (χ0n) is 8.93. The van der Waals surface area contributed by atoms with Gasteiger partial charge in [0.05, 0.1) is 0 Å².